The van der Waals surface area contributed by atoms with Gasteiger partial charge >= 0.3 is 0 Å². The molecule has 2 aliphatic carbocycles. The van der Waals surface area contributed by atoms with E-state index in [1.165, 1.54) is 38.2 Å². The number of nitrogens with zero attached hydrogens (tertiary/aromatic N) is 1. The number of fused-ring (bicyclic) bond motifs is 2. The fraction of sp³-hybridized carbons (Fsp3) is 0.0789. The maximum absolute atomic E-state index is 5.96. The van der Waals surface area contributed by atoms with Gasteiger partial charge in [-0.05, 0) is 78.7 Å². The molecule has 0 atom stereocenters. The lowest BCUT2D eigenvalue weighted by Gasteiger charge is -2.23. The van der Waals surface area contributed by atoms with Crippen LogP contribution in [0.4, 0.5) is 0 Å². The second kappa shape index (κ2) is 13.7. The Morgan fingerprint density at radius 3 is 1.98 bits per heavy atom. The summed E-state index contributed by atoms with van der Waals surface area (Å²) in [7, 11) is -0.566. The number of hydrogen-bond donors (Lipinski definition) is 1. The molecule has 0 aromatic heterocycles. The van der Waals surface area contributed by atoms with Crippen molar-refractivity contribution in [2.24, 2.45) is 10.7 Å². The summed E-state index contributed by atoms with van der Waals surface area (Å²) in [5.41, 5.74) is 13.5. The average molecular weight is 551 g/mol. The van der Waals surface area contributed by atoms with Crippen LogP contribution in [0.25, 0.3) is 17.3 Å². The molecule has 0 radical (unpaired) electrons. The molecule has 3 heteroatoms. The summed E-state index contributed by atoms with van der Waals surface area (Å²) in [5.74, 6) is 0. The van der Waals surface area contributed by atoms with Crippen molar-refractivity contribution in [3.8, 4) is 0 Å². The fourth-order valence-electron chi connectivity index (χ4n) is 5.13. The molecule has 2 bridgehead atoms. The van der Waals surface area contributed by atoms with Gasteiger partial charge in [0.05, 0.1) is 11.4 Å². The molecular weight excluding hydrogens is 515 g/mol. The predicted octanol–water partition coefficient (Wildman–Crippen LogP) is 8.08. The molecule has 4 aromatic carbocycles. The van der Waals surface area contributed by atoms with Crippen molar-refractivity contribution in [1.29, 1.82) is 0 Å². The molecule has 202 valence electrons. The van der Waals surface area contributed by atoms with E-state index in [-0.39, 0.29) is 0 Å². The lowest BCUT2D eigenvalue weighted by Crippen LogP contribution is -2.23. The van der Waals surface area contributed by atoms with Crippen LogP contribution in [-0.4, -0.2) is 6.72 Å². The Morgan fingerprint density at radius 2 is 1.32 bits per heavy atom. The highest BCUT2D eigenvalue weighted by molar-refractivity contribution is 7.80. The number of aliphatic imine (C=N–C) groups is 1. The van der Waals surface area contributed by atoms with Crippen LogP contribution in [0.5, 0.6) is 0 Å². The predicted molar refractivity (Wildman–Crippen MR) is 182 cm³/mol. The van der Waals surface area contributed by atoms with Crippen molar-refractivity contribution < 1.29 is 0 Å². The van der Waals surface area contributed by atoms with Gasteiger partial charge in [-0.1, -0.05) is 140 Å². The highest BCUT2D eigenvalue weighted by atomic mass is 31.1. The van der Waals surface area contributed by atoms with Gasteiger partial charge in [-0.2, -0.15) is 0 Å². The molecule has 0 aliphatic heterocycles. The number of rotatable bonds is 5. The van der Waals surface area contributed by atoms with E-state index >= 15 is 0 Å². The van der Waals surface area contributed by atoms with Crippen molar-refractivity contribution >= 4 is 47.9 Å². The monoisotopic (exact) mass is 550 g/mol. The van der Waals surface area contributed by atoms with Crippen LogP contribution in [0.3, 0.4) is 0 Å². The van der Waals surface area contributed by atoms with E-state index in [0.717, 1.165) is 24.1 Å². The number of nitrogens with two attached hydrogens (primary N) is 1. The van der Waals surface area contributed by atoms with Crippen LogP contribution in [0, 0.1) is 6.92 Å². The number of hydrogen-bond acceptors (Lipinski definition) is 2. The van der Waals surface area contributed by atoms with Crippen LogP contribution in [0.2, 0.25) is 0 Å². The molecule has 2 N–H and O–H groups in total. The summed E-state index contributed by atoms with van der Waals surface area (Å²) in [4.78, 5) is 4.03. The van der Waals surface area contributed by atoms with E-state index in [4.69, 9.17) is 5.73 Å². The minimum Gasteiger partial charge on any atom is -0.397 e. The molecule has 6 rings (SSSR count). The first kappa shape index (κ1) is 28.0. The van der Waals surface area contributed by atoms with Gasteiger partial charge in [0.15, 0.2) is 0 Å². The topological polar surface area (TPSA) is 38.4 Å². The number of benzene rings is 4. The molecule has 0 saturated carbocycles. The van der Waals surface area contributed by atoms with Gasteiger partial charge in [0.25, 0.3) is 0 Å². The molecule has 0 spiro atoms. The molecule has 0 fully saturated rings. The van der Waals surface area contributed by atoms with Crippen LogP contribution in [-0.2, 0) is 0 Å². The third kappa shape index (κ3) is 6.62. The van der Waals surface area contributed by atoms with E-state index in [9.17, 15) is 0 Å². The molecule has 0 saturated heterocycles. The molecule has 0 unspecified atom stereocenters. The van der Waals surface area contributed by atoms with Crippen LogP contribution in [0.15, 0.2) is 150 Å². The van der Waals surface area contributed by atoms with Crippen LogP contribution >= 0.6 is 7.92 Å². The van der Waals surface area contributed by atoms with Crippen molar-refractivity contribution in [2.45, 2.75) is 19.8 Å². The normalized spacial score (nSPS) is 17.3. The minimum atomic E-state index is -0.566. The molecular formula is C38H35N2P. The minimum absolute atomic E-state index is 0.566. The first-order chi connectivity index (χ1) is 20.2. The van der Waals surface area contributed by atoms with Crippen molar-refractivity contribution in [3.63, 3.8) is 0 Å². The van der Waals surface area contributed by atoms with E-state index in [2.05, 4.69) is 134 Å². The third-order valence-corrected chi connectivity index (χ3v) is 9.71. The Bertz CT molecular complexity index is 1620. The fourth-order valence-corrected chi connectivity index (χ4v) is 7.60. The zero-order chi connectivity index (χ0) is 28.4. The summed E-state index contributed by atoms with van der Waals surface area (Å²) >= 11 is 0. The van der Waals surface area contributed by atoms with Gasteiger partial charge in [-0.25, -0.2) is 0 Å². The summed E-state index contributed by atoms with van der Waals surface area (Å²) < 4.78 is 0. The Kier molecular flexibility index (Phi) is 9.37. The van der Waals surface area contributed by atoms with E-state index < -0.39 is 7.92 Å². The van der Waals surface area contributed by atoms with Gasteiger partial charge in [-0.3, -0.25) is 4.99 Å². The largest absolute Gasteiger partial charge is 0.397 e. The summed E-state index contributed by atoms with van der Waals surface area (Å²) in [5, 5.41) is 4.24. The van der Waals surface area contributed by atoms with Gasteiger partial charge in [0.2, 0.25) is 0 Å². The SMILES string of the molecule is C1=CC(c2ccccc2P(c2ccccc2)c2ccccc2)=CCC1.C=N/C1=C(N)/C=C\C=C/c2cccc1c2C. The maximum Gasteiger partial charge on any atom is 0.0926 e. The third-order valence-electron chi connectivity index (χ3n) is 7.20. The molecule has 41 heavy (non-hydrogen) atoms. The van der Waals surface area contributed by atoms with Gasteiger partial charge < -0.3 is 5.73 Å². The van der Waals surface area contributed by atoms with Gasteiger partial charge in [-0.15, -0.1) is 0 Å². The maximum atomic E-state index is 5.96. The second-order valence-electron chi connectivity index (χ2n) is 9.86. The van der Waals surface area contributed by atoms with Crippen LogP contribution in [0.1, 0.15) is 35.1 Å². The average Bonchev–Trinajstić information content (AvgIpc) is 3.05. The zero-order valence-electron chi connectivity index (χ0n) is 23.4. The van der Waals surface area contributed by atoms with Gasteiger partial charge in [0.1, 0.15) is 0 Å². The first-order valence-corrected chi connectivity index (χ1v) is 15.3. The Morgan fingerprint density at radius 1 is 0.683 bits per heavy atom. The van der Waals surface area contributed by atoms with Crippen molar-refractivity contribution in [1.82, 2.24) is 0 Å². The second-order valence-corrected chi connectivity index (χ2v) is 12.0. The van der Waals surface area contributed by atoms with E-state index in [1.807, 2.05) is 30.4 Å². The number of allylic oxidation sites excluding steroid dienone is 7. The van der Waals surface area contributed by atoms with E-state index in [1.54, 1.807) is 0 Å². The Labute approximate surface area is 245 Å². The van der Waals surface area contributed by atoms with Crippen LogP contribution < -0.4 is 21.6 Å². The summed E-state index contributed by atoms with van der Waals surface area (Å²) in [6.45, 7) is 5.66. The Balaban J connectivity index is 0.000000182. The molecule has 4 aromatic rings. The summed E-state index contributed by atoms with van der Waals surface area (Å²) in [6.07, 6.45) is 17.0. The molecule has 2 aliphatic rings. The smallest absolute Gasteiger partial charge is 0.0926 e. The van der Waals surface area contributed by atoms with Gasteiger partial charge in [0, 0.05) is 5.56 Å². The lowest BCUT2D eigenvalue weighted by molar-refractivity contribution is 1.04. The zero-order valence-corrected chi connectivity index (χ0v) is 24.3. The highest BCUT2D eigenvalue weighted by Gasteiger charge is 2.20. The molecule has 0 amide bonds. The summed E-state index contributed by atoms with van der Waals surface area (Å²) in [6, 6.07) is 36.9. The highest BCUT2D eigenvalue weighted by Crippen LogP contribution is 2.36. The molecule has 0 heterocycles. The quantitative estimate of drug-likeness (QED) is 0.198. The van der Waals surface area contributed by atoms with E-state index in [0.29, 0.717) is 5.70 Å². The standard InChI is InChI=1S/C24H21P.C14H14N2/c1-4-12-20(13-5-1)23-18-10-11-19-24(23)25(21-14-6-2-7-15-21)22-16-8-3-9-17-22;1-10-11-6-3-4-9-13(15)14(16-2)12(10)8-5-7-11/h2-4,6-19H,1,5H2;3-9H,2,15H2,1H3/b;6-3-,9-4-,14-13-. The van der Waals surface area contributed by atoms with Crippen molar-refractivity contribution in [3.05, 3.63) is 168 Å². The lowest BCUT2D eigenvalue weighted by atomic mass is 9.99. The Hall–Kier alpha value is -4.52. The first-order valence-electron chi connectivity index (χ1n) is 13.9. The molecule has 2 nitrogen and oxygen atoms in total. The van der Waals surface area contributed by atoms with Crippen molar-refractivity contribution in [2.75, 3.05) is 0 Å².